The molecule has 3 rings (SSSR count). The Hall–Kier alpha value is -3.65. The van der Waals surface area contributed by atoms with Crippen LogP contribution in [0.5, 0.6) is 0 Å². The standard InChI is InChI=1S/C21H18N4O/c22-14-17-6-8-18(9-7-17)25-19-10-11-20(24-15-19)21(26)23-13-12-16-4-2-1-3-5-16/h1-11,15,25H,12-13H2,(H,23,26). The van der Waals surface area contributed by atoms with E-state index in [2.05, 4.69) is 21.7 Å². The zero-order valence-corrected chi connectivity index (χ0v) is 14.1. The molecule has 0 fully saturated rings. The molecule has 1 heterocycles. The molecule has 1 amide bonds. The second-order valence-corrected chi connectivity index (χ2v) is 5.74. The molecule has 0 aliphatic rings. The van der Waals surface area contributed by atoms with Gasteiger partial charge < -0.3 is 10.6 Å². The Morgan fingerprint density at radius 3 is 2.35 bits per heavy atom. The van der Waals surface area contributed by atoms with Gasteiger partial charge in [0.25, 0.3) is 5.91 Å². The first-order valence-corrected chi connectivity index (χ1v) is 8.30. The first-order chi connectivity index (χ1) is 12.7. The van der Waals surface area contributed by atoms with E-state index in [0.717, 1.165) is 17.8 Å². The number of anilines is 2. The fraction of sp³-hybridized carbons (Fsp3) is 0.0952. The molecule has 5 heteroatoms. The van der Waals surface area contributed by atoms with Crippen molar-refractivity contribution in [2.45, 2.75) is 6.42 Å². The van der Waals surface area contributed by atoms with Gasteiger partial charge in [0, 0.05) is 12.2 Å². The smallest absolute Gasteiger partial charge is 0.269 e. The second kappa shape index (κ2) is 8.45. The van der Waals surface area contributed by atoms with Crippen LogP contribution >= 0.6 is 0 Å². The van der Waals surface area contributed by atoms with E-state index in [1.165, 1.54) is 5.56 Å². The summed E-state index contributed by atoms with van der Waals surface area (Å²) in [6.45, 7) is 0.565. The maximum atomic E-state index is 12.2. The van der Waals surface area contributed by atoms with E-state index in [4.69, 9.17) is 5.26 Å². The van der Waals surface area contributed by atoms with Crippen molar-refractivity contribution in [3.05, 3.63) is 89.7 Å². The molecule has 0 spiro atoms. The zero-order chi connectivity index (χ0) is 18.2. The van der Waals surface area contributed by atoms with E-state index < -0.39 is 0 Å². The largest absolute Gasteiger partial charge is 0.354 e. The first-order valence-electron chi connectivity index (χ1n) is 8.30. The molecule has 0 atom stereocenters. The first kappa shape index (κ1) is 17.2. The Balaban J connectivity index is 1.53. The average molecular weight is 342 g/mol. The number of hydrogen-bond acceptors (Lipinski definition) is 4. The number of nitrogens with one attached hydrogen (secondary N) is 2. The van der Waals surface area contributed by atoms with Crippen LogP contribution in [0.2, 0.25) is 0 Å². The van der Waals surface area contributed by atoms with Gasteiger partial charge >= 0.3 is 0 Å². The molecule has 0 aliphatic carbocycles. The molecule has 1 aromatic heterocycles. The Morgan fingerprint density at radius 2 is 1.69 bits per heavy atom. The van der Waals surface area contributed by atoms with Crippen LogP contribution < -0.4 is 10.6 Å². The van der Waals surface area contributed by atoms with E-state index in [9.17, 15) is 4.79 Å². The molecular weight excluding hydrogens is 324 g/mol. The third kappa shape index (κ3) is 4.68. The number of amides is 1. The highest BCUT2D eigenvalue weighted by Gasteiger charge is 2.06. The van der Waals surface area contributed by atoms with Crippen LogP contribution in [0.3, 0.4) is 0 Å². The van der Waals surface area contributed by atoms with Crippen molar-refractivity contribution >= 4 is 17.3 Å². The summed E-state index contributed by atoms with van der Waals surface area (Å²) in [6, 6.07) is 22.7. The number of carbonyl (C=O) groups excluding carboxylic acids is 1. The van der Waals surface area contributed by atoms with Crippen molar-refractivity contribution < 1.29 is 4.79 Å². The third-order valence-electron chi connectivity index (χ3n) is 3.84. The van der Waals surface area contributed by atoms with Gasteiger partial charge in [0.2, 0.25) is 0 Å². The summed E-state index contributed by atoms with van der Waals surface area (Å²) >= 11 is 0. The van der Waals surface area contributed by atoms with Gasteiger partial charge in [-0.15, -0.1) is 0 Å². The minimum Gasteiger partial charge on any atom is -0.354 e. The van der Waals surface area contributed by atoms with E-state index in [-0.39, 0.29) is 5.91 Å². The highest BCUT2D eigenvalue weighted by molar-refractivity contribution is 5.92. The van der Waals surface area contributed by atoms with Crippen molar-refractivity contribution in [2.24, 2.45) is 0 Å². The highest BCUT2D eigenvalue weighted by atomic mass is 16.1. The molecule has 2 N–H and O–H groups in total. The minimum atomic E-state index is -0.189. The number of carbonyl (C=O) groups is 1. The Morgan fingerprint density at radius 1 is 0.962 bits per heavy atom. The van der Waals surface area contributed by atoms with E-state index >= 15 is 0 Å². The van der Waals surface area contributed by atoms with Crippen molar-refractivity contribution in [2.75, 3.05) is 11.9 Å². The molecule has 0 unspecified atom stereocenters. The number of hydrogen-bond donors (Lipinski definition) is 2. The number of nitriles is 1. The van der Waals surface area contributed by atoms with Crippen LogP contribution in [-0.4, -0.2) is 17.4 Å². The molecule has 2 aromatic carbocycles. The Labute approximate surface area is 152 Å². The summed E-state index contributed by atoms with van der Waals surface area (Å²) in [6.07, 6.45) is 2.40. The third-order valence-corrected chi connectivity index (χ3v) is 3.84. The van der Waals surface area contributed by atoms with Gasteiger partial charge in [-0.25, -0.2) is 4.98 Å². The van der Waals surface area contributed by atoms with Crippen molar-refractivity contribution in [1.29, 1.82) is 5.26 Å². The SMILES string of the molecule is N#Cc1ccc(Nc2ccc(C(=O)NCCc3ccccc3)nc2)cc1. The lowest BCUT2D eigenvalue weighted by Gasteiger charge is -2.08. The average Bonchev–Trinajstić information content (AvgIpc) is 2.70. The molecular formula is C21H18N4O. The quantitative estimate of drug-likeness (QED) is 0.716. The molecule has 0 radical (unpaired) electrons. The maximum Gasteiger partial charge on any atom is 0.269 e. The Bertz CT molecular complexity index is 897. The molecule has 26 heavy (non-hydrogen) atoms. The minimum absolute atomic E-state index is 0.189. The number of benzene rings is 2. The van der Waals surface area contributed by atoms with Crippen LogP contribution in [0, 0.1) is 11.3 Å². The lowest BCUT2D eigenvalue weighted by Crippen LogP contribution is -2.26. The van der Waals surface area contributed by atoms with E-state index in [0.29, 0.717) is 17.8 Å². The molecule has 0 aliphatic heterocycles. The second-order valence-electron chi connectivity index (χ2n) is 5.74. The summed E-state index contributed by atoms with van der Waals surface area (Å²) in [7, 11) is 0. The van der Waals surface area contributed by atoms with Crippen LogP contribution in [0.4, 0.5) is 11.4 Å². The van der Waals surface area contributed by atoms with Crippen molar-refractivity contribution in [3.63, 3.8) is 0 Å². The van der Waals surface area contributed by atoms with E-state index in [1.54, 1.807) is 30.5 Å². The monoisotopic (exact) mass is 342 g/mol. The number of rotatable bonds is 6. The maximum absolute atomic E-state index is 12.2. The lowest BCUT2D eigenvalue weighted by molar-refractivity contribution is 0.0949. The molecule has 0 bridgehead atoms. The summed E-state index contributed by atoms with van der Waals surface area (Å²) < 4.78 is 0. The van der Waals surface area contributed by atoms with Crippen molar-refractivity contribution in [3.8, 4) is 6.07 Å². The van der Waals surface area contributed by atoms with Crippen molar-refractivity contribution in [1.82, 2.24) is 10.3 Å². The fourth-order valence-corrected chi connectivity index (χ4v) is 2.45. The summed E-state index contributed by atoms with van der Waals surface area (Å²) in [5.41, 5.74) is 3.80. The summed E-state index contributed by atoms with van der Waals surface area (Å²) in [4.78, 5) is 16.4. The molecule has 0 saturated carbocycles. The van der Waals surface area contributed by atoms with E-state index in [1.807, 2.05) is 42.5 Å². The molecule has 3 aromatic rings. The highest BCUT2D eigenvalue weighted by Crippen LogP contribution is 2.16. The van der Waals surface area contributed by atoms with Crippen LogP contribution in [0.15, 0.2) is 72.9 Å². The van der Waals surface area contributed by atoms with Gasteiger partial charge in [-0.1, -0.05) is 30.3 Å². The van der Waals surface area contributed by atoms with Crippen LogP contribution in [-0.2, 0) is 6.42 Å². The Kier molecular flexibility index (Phi) is 5.58. The summed E-state index contributed by atoms with van der Waals surface area (Å²) in [5.74, 6) is -0.189. The fourth-order valence-electron chi connectivity index (χ4n) is 2.45. The van der Waals surface area contributed by atoms with Crippen LogP contribution in [0.1, 0.15) is 21.6 Å². The molecule has 0 saturated heterocycles. The lowest BCUT2D eigenvalue weighted by atomic mass is 10.1. The number of aromatic nitrogens is 1. The normalized spacial score (nSPS) is 9.96. The van der Waals surface area contributed by atoms with Gasteiger partial charge in [-0.3, -0.25) is 4.79 Å². The number of nitrogens with zero attached hydrogens (tertiary/aromatic N) is 2. The molecule has 5 nitrogen and oxygen atoms in total. The predicted octanol–water partition coefficient (Wildman–Crippen LogP) is 3.67. The number of pyridine rings is 1. The van der Waals surface area contributed by atoms with Gasteiger partial charge in [-0.05, 0) is 48.4 Å². The van der Waals surface area contributed by atoms with Gasteiger partial charge in [0.15, 0.2) is 0 Å². The predicted molar refractivity (Wildman–Crippen MR) is 101 cm³/mol. The topological polar surface area (TPSA) is 77.8 Å². The summed E-state index contributed by atoms with van der Waals surface area (Å²) in [5, 5.41) is 14.9. The van der Waals surface area contributed by atoms with Crippen LogP contribution in [0.25, 0.3) is 0 Å². The zero-order valence-electron chi connectivity index (χ0n) is 14.1. The van der Waals surface area contributed by atoms with Gasteiger partial charge in [-0.2, -0.15) is 5.26 Å². The molecule has 128 valence electrons. The van der Waals surface area contributed by atoms with Gasteiger partial charge in [0.1, 0.15) is 5.69 Å². The van der Waals surface area contributed by atoms with Gasteiger partial charge in [0.05, 0.1) is 23.5 Å².